The SMILES string of the molecule is CCCCOc1c(C(=O)O)c(C(=O)O)c(OCCCC)c2ccccc12. The van der Waals surface area contributed by atoms with Gasteiger partial charge in [-0.15, -0.1) is 0 Å². The number of ether oxygens (including phenoxy) is 2. The molecule has 0 amide bonds. The van der Waals surface area contributed by atoms with Crippen molar-refractivity contribution in [3.8, 4) is 11.5 Å². The highest BCUT2D eigenvalue weighted by Crippen LogP contribution is 2.41. The molecule has 2 N–H and O–H groups in total. The Labute approximate surface area is 152 Å². The van der Waals surface area contributed by atoms with Crippen molar-refractivity contribution in [2.45, 2.75) is 39.5 Å². The van der Waals surface area contributed by atoms with Crippen molar-refractivity contribution in [1.82, 2.24) is 0 Å². The lowest BCUT2D eigenvalue weighted by molar-refractivity contribution is 0.0644. The normalized spacial score (nSPS) is 10.7. The molecular weight excluding hydrogens is 336 g/mol. The molecule has 6 nitrogen and oxygen atoms in total. The van der Waals surface area contributed by atoms with Gasteiger partial charge in [0.15, 0.2) is 0 Å². The van der Waals surface area contributed by atoms with E-state index in [9.17, 15) is 19.8 Å². The second-order valence-electron chi connectivity index (χ2n) is 5.97. The Hall–Kier alpha value is -2.76. The molecule has 2 aromatic rings. The molecule has 140 valence electrons. The van der Waals surface area contributed by atoms with Crippen LogP contribution in [0.25, 0.3) is 10.8 Å². The summed E-state index contributed by atoms with van der Waals surface area (Å²) < 4.78 is 11.4. The molecule has 0 aliphatic carbocycles. The highest BCUT2D eigenvalue weighted by Gasteiger charge is 2.30. The quantitative estimate of drug-likeness (QED) is 0.602. The van der Waals surface area contributed by atoms with Gasteiger partial charge >= 0.3 is 11.9 Å². The summed E-state index contributed by atoms with van der Waals surface area (Å²) in [5.74, 6) is -2.52. The third-order valence-corrected chi connectivity index (χ3v) is 4.04. The zero-order valence-electron chi connectivity index (χ0n) is 15.1. The minimum Gasteiger partial charge on any atom is -0.492 e. The lowest BCUT2D eigenvalue weighted by atomic mass is 9.97. The summed E-state index contributed by atoms with van der Waals surface area (Å²) in [5.41, 5.74) is -0.724. The molecule has 2 aromatic carbocycles. The fraction of sp³-hybridized carbons (Fsp3) is 0.400. The highest BCUT2D eigenvalue weighted by atomic mass is 16.5. The molecular formula is C20H24O6. The third-order valence-electron chi connectivity index (χ3n) is 4.04. The average Bonchev–Trinajstić information content (AvgIpc) is 2.62. The lowest BCUT2D eigenvalue weighted by Gasteiger charge is -2.19. The van der Waals surface area contributed by atoms with E-state index in [4.69, 9.17) is 9.47 Å². The van der Waals surface area contributed by atoms with E-state index in [1.807, 2.05) is 13.8 Å². The molecule has 0 saturated carbocycles. The van der Waals surface area contributed by atoms with E-state index in [-0.39, 0.29) is 22.6 Å². The molecule has 0 saturated heterocycles. The van der Waals surface area contributed by atoms with Crippen molar-refractivity contribution in [2.75, 3.05) is 13.2 Å². The van der Waals surface area contributed by atoms with Crippen LogP contribution in [0, 0.1) is 0 Å². The van der Waals surface area contributed by atoms with Gasteiger partial charge in [-0.3, -0.25) is 0 Å². The van der Waals surface area contributed by atoms with E-state index in [0.717, 1.165) is 25.7 Å². The van der Waals surface area contributed by atoms with Gasteiger partial charge in [-0.05, 0) is 12.8 Å². The molecule has 6 heteroatoms. The number of carbonyl (C=O) groups is 2. The number of benzene rings is 2. The molecule has 0 aromatic heterocycles. The van der Waals surface area contributed by atoms with E-state index in [0.29, 0.717) is 24.0 Å². The van der Waals surface area contributed by atoms with E-state index >= 15 is 0 Å². The first-order chi connectivity index (χ1) is 12.5. The van der Waals surface area contributed by atoms with Gasteiger partial charge in [-0.2, -0.15) is 0 Å². The smallest absolute Gasteiger partial charge is 0.340 e. The summed E-state index contributed by atoms with van der Waals surface area (Å²) in [6.07, 6.45) is 3.24. The summed E-state index contributed by atoms with van der Waals surface area (Å²) >= 11 is 0. The molecule has 0 radical (unpaired) electrons. The maximum Gasteiger partial charge on any atom is 0.340 e. The van der Waals surface area contributed by atoms with Crippen molar-refractivity contribution in [3.63, 3.8) is 0 Å². The minimum absolute atomic E-state index is 0.0850. The van der Waals surface area contributed by atoms with Crippen LogP contribution in [0.5, 0.6) is 11.5 Å². The molecule has 0 aliphatic heterocycles. The molecule has 0 heterocycles. The van der Waals surface area contributed by atoms with Crippen LogP contribution in [0.3, 0.4) is 0 Å². The van der Waals surface area contributed by atoms with Gasteiger partial charge in [0.25, 0.3) is 0 Å². The number of fused-ring (bicyclic) bond motifs is 1. The molecule has 2 rings (SSSR count). The van der Waals surface area contributed by atoms with Gasteiger partial charge in [0, 0.05) is 10.8 Å². The molecule has 0 unspecified atom stereocenters. The first-order valence-corrected chi connectivity index (χ1v) is 8.83. The predicted molar refractivity (Wildman–Crippen MR) is 98.7 cm³/mol. The van der Waals surface area contributed by atoms with Gasteiger partial charge < -0.3 is 19.7 Å². The number of carboxylic acids is 2. The van der Waals surface area contributed by atoms with Gasteiger partial charge in [-0.1, -0.05) is 51.0 Å². The lowest BCUT2D eigenvalue weighted by Crippen LogP contribution is -2.15. The fourth-order valence-corrected chi connectivity index (χ4v) is 2.72. The molecule has 0 atom stereocenters. The van der Waals surface area contributed by atoms with E-state index in [1.54, 1.807) is 24.3 Å². The van der Waals surface area contributed by atoms with E-state index < -0.39 is 11.9 Å². The van der Waals surface area contributed by atoms with Crippen molar-refractivity contribution in [3.05, 3.63) is 35.4 Å². The van der Waals surface area contributed by atoms with Crippen LogP contribution >= 0.6 is 0 Å². The Bertz CT molecular complexity index is 730. The summed E-state index contributed by atoms with van der Waals surface area (Å²) in [6.45, 7) is 4.62. The molecule has 26 heavy (non-hydrogen) atoms. The van der Waals surface area contributed by atoms with Crippen LogP contribution in [-0.4, -0.2) is 35.4 Å². The van der Waals surface area contributed by atoms with E-state index in [1.165, 1.54) is 0 Å². The third kappa shape index (κ3) is 4.07. The number of aromatic carboxylic acids is 2. The second-order valence-corrected chi connectivity index (χ2v) is 5.97. The number of hydrogen-bond donors (Lipinski definition) is 2. The summed E-state index contributed by atoms with van der Waals surface area (Å²) in [4.78, 5) is 23.8. The number of carboxylic acid groups (broad SMARTS) is 2. The minimum atomic E-state index is -1.35. The van der Waals surface area contributed by atoms with Gasteiger partial charge in [0.05, 0.1) is 13.2 Å². The number of unbranched alkanes of at least 4 members (excludes halogenated alkanes) is 2. The van der Waals surface area contributed by atoms with Crippen molar-refractivity contribution >= 4 is 22.7 Å². The van der Waals surface area contributed by atoms with Gasteiger partial charge in [0.1, 0.15) is 22.6 Å². The average molecular weight is 360 g/mol. The van der Waals surface area contributed by atoms with Crippen LogP contribution in [0.15, 0.2) is 24.3 Å². The molecule has 0 fully saturated rings. The van der Waals surface area contributed by atoms with Gasteiger partial charge in [0.2, 0.25) is 0 Å². The fourth-order valence-electron chi connectivity index (χ4n) is 2.72. The largest absolute Gasteiger partial charge is 0.492 e. The maximum absolute atomic E-state index is 11.9. The Morgan fingerprint density at radius 1 is 0.808 bits per heavy atom. The predicted octanol–water partition coefficient (Wildman–Crippen LogP) is 4.59. The maximum atomic E-state index is 11.9. The second kappa shape index (κ2) is 9.08. The van der Waals surface area contributed by atoms with Crippen LogP contribution in [0.2, 0.25) is 0 Å². The Balaban J connectivity index is 2.76. The first kappa shape index (κ1) is 19.6. The Morgan fingerprint density at radius 3 is 1.50 bits per heavy atom. The summed E-state index contributed by atoms with van der Waals surface area (Å²) in [5, 5.41) is 20.5. The monoisotopic (exact) mass is 360 g/mol. The van der Waals surface area contributed by atoms with Crippen LogP contribution in [0.4, 0.5) is 0 Å². The van der Waals surface area contributed by atoms with Gasteiger partial charge in [-0.25, -0.2) is 9.59 Å². The zero-order valence-corrected chi connectivity index (χ0v) is 15.1. The highest BCUT2D eigenvalue weighted by molar-refractivity contribution is 6.13. The molecule has 0 bridgehead atoms. The topological polar surface area (TPSA) is 93.1 Å². The van der Waals surface area contributed by atoms with Crippen molar-refractivity contribution in [1.29, 1.82) is 0 Å². The van der Waals surface area contributed by atoms with Crippen molar-refractivity contribution < 1.29 is 29.3 Å². The van der Waals surface area contributed by atoms with Crippen LogP contribution in [-0.2, 0) is 0 Å². The summed E-state index contributed by atoms with van der Waals surface area (Å²) in [7, 11) is 0. The molecule has 0 aliphatic rings. The first-order valence-electron chi connectivity index (χ1n) is 8.83. The zero-order chi connectivity index (χ0) is 19.1. The Kier molecular flexibility index (Phi) is 6.83. The van der Waals surface area contributed by atoms with E-state index in [2.05, 4.69) is 0 Å². The number of hydrogen-bond acceptors (Lipinski definition) is 4. The number of rotatable bonds is 10. The van der Waals surface area contributed by atoms with Crippen molar-refractivity contribution in [2.24, 2.45) is 0 Å². The Morgan fingerprint density at radius 2 is 1.19 bits per heavy atom. The van der Waals surface area contributed by atoms with Crippen LogP contribution < -0.4 is 9.47 Å². The standard InChI is InChI=1S/C20H24O6/c1-3-5-11-25-17-13-9-7-8-10-14(13)18(26-12-6-4-2)16(20(23)24)15(17)19(21)22/h7-10H,3-6,11-12H2,1-2H3,(H,21,22)(H,23,24). The van der Waals surface area contributed by atoms with Crippen LogP contribution in [0.1, 0.15) is 60.2 Å². The molecule has 0 spiro atoms. The summed E-state index contributed by atoms with van der Waals surface area (Å²) in [6, 6.07) is 6.97.